The molecule has 1 heterocycles. The average Bonchev–Trinajstić information content (AvgIpc) is 3.03. The number of hydrogen-bond donors (Lipinski definition) is 2. The van der Waals surface area contributed by atoms with E-state index in [-0.39, 0.29) is 25.2 Å². The highest BCUT2D eigenvalue weighted by Crippen LogP contribution is 2.34. The van der Waals surface area contributed by atoms with E-state index in [0.29, 0.717) is 23.4 Å². The normalized spacial score (nSPS) is 15.1. The van der Waals surface area contributed by atoms with Gasteiger partial charge >= 0.3 is 5.97 Å². The number of hydrazone groups is 1. The van der Waals surface area contributed by atoms with Crippen molar-refractivity contribution in [3.8, 4) is 0 Å². The van der Waals surface area contributed by atoms with E-state index in [2.05, 4.69) is 5.32 Å². The zero-order valence-corrected chi connectivity index (χ0v) is 22.9. The molecule has 8 heteroatoms. The Hall–Kier alpha value is -4.59. The van der Waals surface area contributed by atoms with Crippen LogP contribution < -0.4 is 5.32 Å². The third-order valence-corrected chi connectivity index (χ3v) is 6.77. The van der Waals surface area contributed by atoms with Crippen LogP contribution in [0.3, 0.4) is 0 Å². The number of carboxylic acids is 1. The predicted molar refractivity (Wildman–Crippen MR) is 153 cm³/mol. The monoisotopic (exact) mass is 539 g/mol. The molecule has 0 spiro atoms. The standard InChI is InChI=1S/C32H33N3O5/c1-32(2,3)27(36)19-26-24-14-7-8-15-25(24)30(22-11-5-4-6-12-22)34-35(31(26)40)20-28(37)33-23-13-9-10-21(18-23)16-17-29(38)39/h4-15,18,26H,16-17,19-20H2,1-3H3,(H,33,37)(H,38,39). The first-order valence-corrected chi connectivity index (χ1v) is 13.2. The lowest BCUT2D eigenvalue weighted by Crippen LogP contribution is -2.38. The smallest absolute Gasteiger partial charge is 0.303 e. The fourth-order valence-corrected chi connectivity index (χ4v) is 4.56. The Morgan fingerprint density at radius 3 is 2.35 bits per heavy atom. The van der Waals surface area contributed by atoms with Gasteiger partial charge in [0.15, 0.2) is 0 Å². The molecular weight excluding hydrogens is 506 g/mol. The lowest BCUT2D eigenvalue weighted by molar-refractivity contribution is -0.138. The number of fused-ring (bicyclic) bond motifs is 1. The Bertz CT molecular complexity index is 1460. The van der Waals surface area contributed by atoms with Crippen LogP contribution in [0.2, 0.25) is 0 Å². The minimum absolute atomic E-state index is 0.0132. The van der Waals surface area contributed by atoms with Crippen molar-refractivity contribution in [2.24, 2.45) is 10.5 Å². The fourth-order valence-electron chi connectivity index (χ4n) is 4.56. The summed E-state index contributed by atoms with van der Waals surface area (Å²) in [5, 5.41) is 17.6. The highest BCUT2D eigenvalue weighted by molar-refractivity contribution is 6.16. The van der Waals surface area contributed by atoms with Crippen LogP contribution in [-0.2, 0) is 25.6 Å². The summed E-state index contributed by atoms with van der Waals surface area (Å²) in [5.41, 5.74) is 3.38. The quantitative estimate of drug-likeness (QED) is 0.396. The summed E-state index contributed by atoms with van der Waals surface area (Å²) in [4.78, 5) is 51.2. The lowest BCUT2D eigenvalue weighted by Gasteiger charge is -2.24. The molecule has 0 radical (unpaired) electrons. The molecule has 3 aromatic rings. The van der Waals surface area contributed by atoms with Crippen molar-refractivity contribution in [1.82, 2.24) is 5.01 Å². The summed E-state index contributed by atoms with van der Waals surface area (Å²) in [6.45, 7) is 5.11. The molecule has 2 amide bonds. The Morgan fingerprint density at radius 1 is 0.950 bits per heavy atom. The van der Waals surface area contributed by atoms with E-state index in [1.54, 1.807) is 24.3 Å². The third kappa shape index (κ3) is 6.88. The van der Waals surface area contributed by atoms with Crippen molar-refractivity contribution >= 4 is 35.0 Å². The van der Waals surface area contributed by atoms with Gasteiger partial charge in [-0.05, 0) is 29.7 Å². The molecule has 2 N–H and O–H groups in total. The van der Waals surface area contributed by atoms with Crippen molar-refractivity contribution in [3.05, 3.63) is 101 Å². The summed E-state index contributed by atoms with van der Waals surface area (Å²) in [7, 11) is 0. The number of carbonyl (C=O) groups is 4. The van der Waals surface area contributed by atoms with Crippen molar-refractivity contribution < 1.29 is 24.3 Å². The predicted octanol–water partition coefficient (Wildman–Crippen LogP) is 5.03. The number of aliphatic carboxylic acids is 1. The molecule has 0 fully saturated rings. The first kappa shape index (κ1) is 28.4. The van der Waals surface area contributed by atoms with Crippen molar-refractivity contribution in [1.29, 1.82) is 0 Å². The zero-order valence-electron chi connectivity index (χ0n) is 22.9. The molecule has 3 aromatic carbocycles. The van der Waals surface area contributed by atoms with Gasteiger partial charge in [0.25, 0.3) is 5.91 Å². The summed E-state index contributed by atoms with van der Waals surface area (Å²) >= 11 is 0. The van der Waals surface area contributed by atoms with Crippen LogP contribution in [0, 0.1) is 5.41 Å². The first-order chi connectivity index (χ1) is 19.0. The van der Waals surface area contributed by atoms with E-state index in [9.17, 15) is 19.2 Å². The molecule has 40 heavy (non-hydrogen) atoms. The van der Waals surface area contributed by atoms with Gasteiger partial charge in [0.1, 0.15) is 12.3 Å². The maximum atomic E-state index is 14.0. The number of nitrogens with one attached hydrogen (secondary N) is 1. The second kappa shape index (κ2) is 12.1. The van der Waals surface area contributed by atoms with E-state index in [4.69, 9.17) is 10.2 Å². The molecule has 0 saturated carbocycles. The largest absolute Gasteiger partial charge is 0.481 e. The number of benzene rings is 3. The SMILES string of the molecule is CC(C)(C)C(=O)CC1C(=O)N(CC(=O)Nc2cccc(CCC(=O)O)c2)N=C(c2ccccc2)c2ccccc21. The number of Topliss-reactive ketones (excluding diaryl/α,β-unsaturated/α-hetero) is 1. The van der Waals surface area contributed by atoms with Crippen LogP contribution in [0.5, 0.6) is 0 Å². The van der Waals surface area contributed by atoms with E-state index in [1.807, 2.05) is 75.4 Å². The van der Waals surface area contributed by atoms with Gasteiger partial charge in [-0.1, -0.05) is 87.5 Å². The Labute approximate surface area is 233 Å². The van der Waals surface area contributed by atoms with E-state index in [1.165, 1.54) is 0 Å². The maximum Gasteiger partial charge on any atom is 0.303 e. The average molecular weight is 540 g/mol. The summed E-state index contributed by atoms with van der Waals surface area (Å²) in [6.07, 6.45) is 0.294. The Morgan fingerprint density at radius 2 is 1.65 bits per heavy atom. The molecule has 1 unspecified atom stereocenters. The van der Waals surface area contributed by atoms with E-state index in [0.717, 1.165) is 21.7 Å². The minimum atomic E-state index is -0.901. The molecule has 0 saturated heterocycles. The van der Waals surface area contributed by atoms with Crippen molar-refractivity contribution in [3.63, 3.8) is 0 Å². The Balaban J connectivity index is 1.68. The number of rotatable bonds is 9. The first-order valence-electron chi connectivity index (χ1n) is 13.2. The van der Waals surface area contributed by atoms with Gasteiger partial charge in [0.2, 0.25) is 5.91 Å². The maximum absolute atomic E-state index is 14.0. The molecule has 4 rings (SSSR count). The van der Waals surface area contributed by atoms with Crippen LogP contribution in [0.15, 0.2) is 84.0 Å². The second-order valence-corrected chi connectivity index (χ2v) is 10.9. The number of carbonyl (C=O) groups excluding carboxylic acids is 3. The number of nitrogens with zero attached hydrogens (tertiary/aromatic N) is 2. The van der Waals surface area contributed by atoms with Crippen LogP contribution in [-0.4, -0.2) is 45.9 Å². The van der Waals surface area contributed by atoms with Crippen molar-refractivity contribution in [2.45, 2.75) is 46.0 Å². The topological polar surface area (TPSA) is 116 Å². The summed E-state index contributed by atoms with van der Waals surface area (Å²) in [6, 6.07) is 23.8. The van der Waals surface area contributed by atoms with E-state index < -0.39 is 29.1 Å². The van der Waals surface area contributed by atoms with Crippen molar-refractivity contribution in [2.75, 3.05) is 11.9 Å². The van der Waals surface area contributed by atoms with Crippen LogP contribution in [0.25, 0.3) is 0 Å². The van der Waals surface area contributed by atoms with Crippen LogP contribution in [0.1, 0.15) is 61.8 Å². The molecule has 1 atom stereocenters. The number of anilines is 1. The van der Waals surface area contributed by atoms with Gasteiger partial charge in [-0.3, -0.25) is 19.2 Å². The fraction of sp³-hybridized carbons (Fsp3) is 0.281. The lowest BCUT2D eigenvalue weighted by atomic mass is 9.80. The van der Waals surface area contributed by atoms with Crippen LogP contribution >= 0.6 is 0 Å². The molecule has 8 nitrogen and oxygen atoms in total. The molecule has 0 aliphatic carbocycles. The number of hydrogen-bond acceptors (Lipinski definition) is 5. The molecule has 0 bridgehead atoms. The molecule has 1 aliphatic rings. The highest BCUT2D eigenvalue weighted by Gasteiger charge is 2.37. The molecule has 0 aromatic heterocycles. The molecular formula is C32H33N3O5. The highest BCUT2D eigenvalue weighted by atomic mass is 16.4. The molecule has 206 valence electrons. The second-order valence-electron chi connectivity index (χ2n) is 10.9. The van der Waals surface area contributed by atoms with Gasteiger partial charge < -0.3 is 10.4 Å². The Kier molecular flexibility index (Phi) is 8.58. The van der Waals surface area contributed by atoms with Gasteiger partial charge in [0, 0.05) is 35.1 Å². The third-order valence-electron chi connectivity index (χ3n) is 6.77. The van der Waals surface area contributed by atoms with E-state index >= 15 is 0 Å². The molecule has 1 aliphatic heterocycles. The number of aryl methyl sites for hydroxylation is 1. The van der Waals surface area contributed by atoms with Gasteiger partial charge in [0.05, 0.1) is 11.6 Å². The van der Waals surface area contributed by atoms with Gasteiger partial charge in [-0.2, -0.15) is 5.10 Å². The number of carboxylic acid groups (broad SMARTS) is 1. The van der Waals surface area contributed by atoms with Gasteiger partial charge in [-0.25, -0.2) is 5.01 Å². The summed E-state index contributed by atoms with van der Waals surface area (Å²) in [5.74, 6) is -2.67. The van der Waals surface area contributed by atoms with Gasteiger partial charge in [-0.15, -0.1) is 0 Å². The number of amides is 2. The number of ketones is 1. The summed E-state index contributed by atoms with van der Waals surface area (Å²) < 4.78 is 0. The minimum Gasteiger partial charge on any atom is -0.481 e. The zero-order chi connectivity index (χ0) is 28.9. The van der Waals surface area contributed by atoms with Crippen LogP contribution in [0.4, 0.5) is 5.69 Å².